The smallest absolute Gasteiger partial charge is 0.338 e. The molecule has 1 aromatic rings. The highest BCUT2D eigenvalue weighted by Crippen LogP contribution is 2.25. The van der Waals surface area contributed by atoms with Gasteiger partial charge in [0, 0.05) is 6.54 Å². The van der Waals surface area contributed by atoms with E-state index in [1.807, 2.05) is 26.0 Å². The average molecular weight is 273 g/mol. The third-order valence-electron chi connectivity index (χ3n) is 3.78. The predicted molar refractivity (Wildman–Crippen MR) is 81.4 cm³/mol. The molecule has 1 aromatic carbocycles. The maximum atomic E-state index is 11.9. The number of ether oxygens (including phenoxy) is 1. The molecule has 0 aromatic heterocycles. The van der Waals surface area contributed by atoms with Gasteiger partial charge in [-0.1, -0.05) is 24.8 Å². The van der Waals surface area contributed by atoms with Gasteiger partial charge in [-0.05, 0) is 56.5 Å². The Hall–Kier alpha value is -1.61. The van der Waals surface area contributed by atoms with Crippen LogP contribution in [0.1, 0.15) is 36.5 Å². The lowest BCUT2D eigenvalue weighted by atomic mass is 9.95. The van der Waals surface area contributed by atoms with Crippen molar-refractivity contribution in [3.63, 3.8) is 0 Å². The number of nitrogens with zero attached hydrogens (tertiary/aromatic N) is 1. The van der Waals surface area contributed by atoms with Crippen molar-refractivity contribution in [3.05, 3.63) is 41.5 Å². The summed E-state index contributed by atoms with van der Waals surface area (Å²) in [6, 6.07) is 6.15. The number of aryl methyl sites for hydroxylation is 1. The number of esters is 1. The second-order valence-corrected chi connectivity index (χ2v) is 5.29. The van der Waals surface area contributed by atoms with Gasteiger partial charge in [-0.2, -0.15) is 0 Å². The first kappa shape index (κ1) is 14.8. The van der Waals surface area contributed by atoms with E-state index in [1.54, 1.807) is 0 Å². The van der Waals surface area contributed by atoms with Crippen LogP contribution in [0.3, 0.4) is 0 Å². The summed E-state index contributed by atoms with van der Waals surface area (Å²) in [5, 5.41) is 0. The monoisotopic (exact) mass is 273 g/mol. The van der Waals surface area contributed by atoms with Crippen molar-refractivity contribution in [2.24, 2.45) is 0 Å². The van der Waals surface area contributed by atoms with Crippen LogP contribution in [0.2, 0.25) is 0 Å². The summed E-state index contributed by atoms with van der Waals surface area (Å²) in [4.78, 5) is 14.4. The minimum Gasteiger partial charge on any atom is -0.462 e. The Bertz CT molecular complexity index is 502. The van der Waals surface area contributed by atoms with Crippen molar-refractivity contribution in [2.75, 3.05) is 19.7 Å². The largest absolute Gasteiger partial charge is 0.462 e. The normalized spacial score (nSPS) is 15.3. The molecule has 3 nitrogen and oxygen atoms in total. The van der Waals surface area contributed by atoms with Gasteiger partial charge in [-0.3, -0.25) is 4.90 Å². The Balaban J connectivity index is 2.25. The number of hydrogen-bond donors (Lipinski definition) is 0. The van der Waals surface area contributed by atoms with Crippen LogP contribution in [0.4, 0.5) is 0 Å². The topological polar surface area (TPSA) is 29.5 Å². The zero-order valence-electron chi connectivity index (χ0n) is 12.4. The maximum absolute atomic E-state index is 11.9. The van der Waals surface area contributed by atoms with Crippen LogP contribution in [-0.2, 0) is 16.1 Å². The highest BCUT2D eigenvalue weighted by Gasteiger charge is 2.19. The number of benzene rings is 1. The number of hydrogen-bond acceptors (Lipinski definition) is 3. The van der Waals surface area contributed by atoms with Crippen molar-refractivity contribution in [2.45, 2.75) is 33.2 Å². The van der Waals surface area contributed by atoms with Gasteiger partial charge in [0.2, 0.25) is 0 Å². The molecule has 0 amide bonds. The molecule has 2 rings (SSSR count). The number of rotatable bonds is 5. The summed E-state index contributed by atoms with van der Waals surface area (Å²) in [6.45, 7) is 11.3. The maximum Gasteiger partial charge on any atom is 0.338 e. The van der Waals surface area contributed by atoms with Crippen LogP contribution in [0.15, 0.2) is 24.8 Å². The third kappa shape index (κ3) is 3.28. The van der Waals surface area contributed by atoms with Crippen LogP contribution in [-0.4, -0.2) is 30.6 Å². The number of carbonyl (C=O) groups excluding carboxylic acids is 1. The van der Waals surface area contributed by atoms with E-state index in [-0.39, 0.29) is 5.97 Å². The fourth-order valence-electron chi connectivity index (χ4n) is 2.79. The summed E-state index contributed by atoms with van der Waals surface area (Å²) >= 11 is 0. The van der Waals surface area contributed by atoms with Crippen molar-refractivity contribution in [1.29, 1.82) is 0 Å². The van der Waals surface area contributed by atoms with Crippen LogP contribution in [0.5, 0.6) is 0 Å². The van der Waals surface area contributed by atoms with E-state index in [9.17, 15) is 4.79 Å². The lowest BCUT2D eigenvalue weighted by Crippen LogP contribution is -2.20. The fraction of sp³-hybridized carbons (Fsp3) is 0.471. The van der Waals surface area contributed by atoms with Crippen molar-refractivity contribution >= 4 is 11.5 Å². The third-order valence-corrected chi connectivity index (χ3v) is 3.78. The van der Waals surface area contributed by atoms with Gasteiger partial charge in [0.15, 0.2) is 0 Å². The molecule has 0 radical (unpaired) electrons. The van der Waals surface area contributed by atoms with E-state index in [2.05, 4.69) is 17.5 Å². The van der Waals surface area contributed by atoms with Crippen molar-refractivity contribution in [3.8, 4) is 0 Å². The molecule has 1 saturated heterocycles. The molecular formula is C17H23NO2. The van der Waals surface area contributed by atoms with Gasteiger partial charge >= 0.3 is 5.97 Å². The highest BCUT2D eigenvalue weighted by atomic mass is 16.5. The van der Waals surface area contributed by atoms with E-state index in [1.165, 1.54) is 18.4 Å². The number of carbonyl (C=O) groups is 1. The second-order valence-electron chi connectivity index (χ2n) is 5.29. The molecule has 20 heavy (non-hydrogen) atoms. The van der Waals surface area contributed by atoms with Crippen LogP contribution >= 0.6 is 0 Å². The van der Waals surface area contributed by atoms with E-state index in [0.717, 1.165) is 30.8 Å². The molecule has 0 aliphatic carbocycles. The van der Waals surface area contributed by atoms with Gasteiger partial charge in [0.05, 0.1) is 12.2 Å². The lowest BCUT2D eigenvalue weighted by molar-refractivity contribution is -0.136. The van der Waals surface area contributed by atoms with Crippen molar-refractivity contribution < 1.29 is 9.53 Å². The van der Waals surface area contributed by atoms with E-state index < -0.39 is 0 Å². The highest BCUT2D eigenvalue weighted by molar-refractivity contribution is 6.16. The Kier molecular flexibility index (Phi) is 4.96. The van der Waals surface area contributed by atoms with Gasteiger partial charge < -0.3 is 4.74 Å². The summed E-state index contributed by atoms with van der Waals surface area (Å²) in [5.41, 5.74) is 3.68. The zero-order chi connectivity index (χ0) is 14.5. The standard InChI is InChI=1S/C17H23NO2/c1-4-20-17(19)14(3)16-13(2)8-7-9-15(16)12-18-10-5-6-11-18/h7-9H,3-6,10-12H2,1-2H3. The Morgan fingerprint density at radius 2 is 2.05 bits per heavy atom. The average Bonchev–Trinajstić information content (AvgIpc) is 2.91. The molecule has 0 atom stereocenters. The van der Waals surface area contributed by atoms with Crippen LogP contribution < -0.4 is 0 Å². The molecule has 108 valence electrons. The SMILES string of the molecule is C=C(C(=O)OCC)c1c(C)cccc1CN1CCCC1. The molecule has 0 saturated carbocycles. The summed E-state index contributed by atoms with van der Waals surface area (Å²) in [6.07, 6.45) is 2.53. The first-order valence-electron chi connectivity index (χ1n) is 7.30. The van der Waals surface area contributed by atoms with E-state index in [0.29, 0.717) is 12.2 Å². The molecule has 1 heterocycles. The van der Waals surface area contributed by atoms with Gasteiger partial charge in [-0.15, -0.1) is 0 Å². The first-order valence-corrected chi connectivity index (χ1v) is 7.30. The van der Waals surface area contributed by atoms with Gasteiger partial charge in [-0.25, -0.2) is 4.79 Å². The lowest BCUT2D eigenvalue weighted by Gasteiger charge is -2.19. The molecule has 0 N–H and O–H groups in total. The van der Waals surface area contributed by atoms with Crippen molar-refractivity contribution in [1.82, 2.24) is 4.90 Å². The minimum atomic E-state index is -0.315. The van der Waals surface area contributed by atoms with Crippen LogP contribution in [0, 0.1) is 6.92 Å². The molecule has 1 aliphatic rings. The van der Waals surface area contributed by atoms with E-state index >= 15 is 0 Å². The fourth-order valence-corrected chi connectivity index (χ4v) is 2.79. The predicted octanol–water partition coefficient (Wildman–Crippen LogP) is 3.17. The quantitative estimate of drug-likeness (QED) is 0.609. The second kappa shape index (κ2) is 6.71. The minimum absolute atomic E-state index is 0.315. The van der Waals surface area contributed by atoms with Crippen LogP contribution in [0.25, 0.3) is 5.57 Å². The zero-order valence-corrected chi connectivity index (χ0v) is 12.4. The molecule has 1 fully saturated rings. The van der Waals surface area contributed by atoms with Gasteiger partial charge in [0.25, 0.3) is 0 Å². The molecule has 3 heteroatoms. The summed E-state index contributed by atoms with van der Waals surface area (Å²) < 4.78 is 5.09. The Labute approximate surface area is 121 Å². The van der Waals surface area contributed by atoms with E-state index in [4.69, 9.17) is 4.74 Å². The van der Waals surface area contributed by atoms with Gasteiger partial charge in [0.1, 0.15) is 0 Å². The summed E-state index contributed by atoms with van der Waals surface area (Å²) in [7, 11) is 0. The first-order chi connectivity index (χ1) is 9.63. The molecule has 0 bridgehead atoms. The molecule has 0 spiro atoms. The number of likely N-dealkylation sites (tertiary alicyclic amines) is 1. The molecule has 0 unspecified atom stereocenters. The Morgan fingerprint density at radius 3 is 2.70 bits per heavy atom. The molecular weight excluding hydrogens is 250 g/mol. The molecule has 1 aliphatic heterocycles. The Morgan fingerprint density at radius 1 is 1.35 bits per heavy atom. The summed E-state index contributed by atoms with van der Waals surface area (Å²) in [5.74, 6) is -0.315.